The van der Waals surface area contributed by atoms with Gasteiger partial charge in [0.25, 0.3) is 0 Å². The van der Waals surface area contributed by atoms with Crippen LogP contribution in [0.3, 0.4) is 0 Å². The third-order valence-corrected chi connectivity index (χ3v) is 4.64. The zero-order valence-electron chi connectivity index (χ0n) is 12.4. The van der Waals surface area contributed by atoms with Gasteiger partial charge in [0.2, 0.25) is 0 Å². The van der Waals surface area contributed by atoms with Crippen molar-refractivity contribution in [2.45, 2.75) is 19.0 Å². The third-order valence-electron chi connectivity index (χ3n) is 4.06. The number of nitrogens with one attached hydrogen (secondary N) is 1. The molecule has 3 nitrogen and oxygen atoms in total. The first-order valence-corrected chi connectivity index (χ1v) is 7.80. The van der Waals surface area contributed by atoms with Gasteiger partial charge in [0, 0.05) is 48.3 Å². The molecule has 1 aromatic carbocycles. The van der Waals surface area contributed by atoms with E-state index in [0.717, 1.165) is 41.8 Å². The highest BCUT2D eigenvalue weighted by molar-refractivity contribution is 6.33. The van der Waals surface area contributed by atoms with Gasteiger partial charge >= 0.3 is 0 Å². The molecule has 0 aromatic heterocycles. The lowest BCUT2D eigenvalue weighted by atomic mass is 10.1. The van der Waals surface area contributed by atoms with Gasteiger partial charge in [0.1, 0.15) is 0 Å². The first-order valence-electron chi connectivity index (χ1n) is 7.04. The number of hydrogen-bond donors (Lipinski definition) is 1. The van der Waals surface area contributed by atoms with Crippen molar-refractivity contribution in [3.8, 4) is 0 Å². The zero-order valence-corrected chi connectivity index (χ0v) is 13.9. The van der Waals surface area contributed by atoms with E-state index in [9.17, 15) is 0 Å². The van der Waals surface area contributed by atoms with Crippen LogP contribution in [0.25, 0.3) is 0 Å². The highest BCUT2D eigenvalue weighted by atomic mass is 35.5. The molecule has 0 aliphatic carbocycles. The maximum Gasteiger partial charge on any atom is 0.0454 e. The molecule has 1 fully saturated rings. The second-order valence-corrected chi connectivity index (χ2v) is 6.54. The van der Waals surface area contributed by atoms with E-state index in [1.807, 2.05) is 18.2 Å². The van der Waals surface area contributed by atoms with E-state index < -0.39 is 0 Å². The Morgan fingerprint density at radius 2 is 2.05 bits per heavy atom. The number of nitrogens with zero attached hydrogens (tertiary/aromatic N) is 2. The summed E-state index contributed by atoms with van der Waals surface area (Å²) in [5.41, 5.74) is 1.06. The number of benzene rings is 1. The molecule has 1 aliphatic rings. The maximum atomic E-state index is 6.25. The quantitative estimate of drug-likeness (QED) is 0.921. The lowest BCUT2D eigenvalue weighted by molar-refractivity contribution is 0.112. The van der Waals surface area contributed by atoms with Gasteiger partial charge in [-0.3, -0.25) is 4.90 Å². The first kappa shape index (κ1) is 16.1. The lowest BCUT2D eigenvalue weighted by Gasteiger charge is -2.38. The van der Waals surface area contributed by atoms with Crippen molar-refractivity contribution in [1.82, 2.24) is 15.1 Å². The third kappa shape index (κ3) is 4.09. The average Bonchev–Trinajstić information content (AvgIpc) is 2.42. The molecule has 0 radical (unpaired) electrons. The van der Waals surface area contributed by atoms with Gasteiger partial charge in [-0.1, -0.05) is 23.2 Å². The minimum Gasteiger partial charge on any atom is -0.309 e. The van der Waals surface area contributed by atoms with Crippen LogP contribution < -0.4 is 5.32 Å². The number of likely N-dealkylation sites (N-methyl/N-ethyl adjacent to an activating group) is 2. The van der Waals surface area contributed by atoms with Crippen LogP contribution in [0.2, 0.25) is 10.0 Å². The number of hydrogen-bond acceptors (Lipinski definition) is 3. The number of piperazine rings is 1. The van der Waals surface area contributed by atoms with Gasteiger partial charge in [-0.2, -0.15) is 0 Å². The van der Waals surface area contributed by atoms with Crippen LogP contribution in [0.4, 0.5) is 0 Å². The Kier molecular flexibility index (Phi) is 5.70. The molecule has 0 bridgehead atoms. The Balaban J connectivity index is 1.94. The van der Waals surface area contributed by atoms with Crippen LogP contribution in [0.1, 0.15) is 18.5 Å². The van der Waals surface area contributed by atoms with Crippen molar-refractivity contribution in [2.75, 3.05) is 40.3 Å². The van der Waals surface area contributed by atoms with Crippen LogP contribution in [0, 0.1) is 0 Å². The smallest absolute Gasteiger partial charge is 0.0454 e. The summed E-state index contributed by atoms with van der Waals surface area (Å²) in [5.74, 6) is 0. The molecular weight excluding hydrogens is 293 g/mol. The predicted octanol–water partition coefficient (Wildman–Crippen LogP) is 2.89. The second kappa shape index (κ2) is 7.10. The van der Waals surface area contributed by atoms with Crippen LogP contribution >= 0.6 is 23.2 Å². The molecule has 2 unspecified atom stereocenters. The molecule has 1 aromatic rings. The number of halogens is 2. The van der Waals surface area contributed by atoms with Gasteiger partial charge in [0.15, 0.2) is 0 Å². The van der Waals surface area contributed by atoms with E-state index in [4.69, 9.17) is 23.2 Å². The minimum absolute atomic E-state index is 0.196. The summed E-state index contributed by atoms with van der Waals surface area (Å²) < 4.78 is 0. The van der Waals surface area contributed by atoms with Crippen LogP contribution in [-0.2, 0) is 0 Å². The molecule has 2 atom stereocenters. The molecule has 2 rings (SSSR count). The first-order chi connectivity index (χ1) is 9.47. The van der Waals surface area contributed by atoms with Gasteiger partial charge in [-0.15, -0.1) is 0 Å². The molecule has 1 aliphatic heterocycles. The van der Waals surface area contributed by atoms with Gasteiger partial charge in [0.05, 0.1) is 0 Å². The molecule has 0 spiro atoms. The average molecular weight is 316 g/mol. The number of rotatable bonds is 4. The van der Waals surface area contributed by atoms with E-state index in [1.165, 1.54) is 0 Å². The Bertz CT molecular complexity index is 453. The molecule has 1 N–H and O–H groups in total. The van der Waals surface area contributed by atoms with E-state index in [-0.39, 0.29) is 6.04 Å². The van der Waals surface area contributed by atoms with Crippen molar-refractivity contribution in [1.29, 1.82) is 0 Å². The second-order valence-electron chi connectivity index (χ2n) is 5.69. The van der Waals surface area contributed by atoms with Gasteiger partial charge < -0.3 is 10.2 Å². The van der Waals surface area contributed by atoms with Crippen molar-refractivity contribution < 1.29 is 0 Å². The lowest BCUT2D eigenvalue weighted by Crippen LogP contribution is -2.53. The highest BCUT2D eigenvalue weighted by Crippen LogP contribution is 2.26. The summed E-state index contributed by atoms with van der Waals surface area (Å²) in [7, 11) is 4.37. The minimum atomic E-state index is 0.196. The Labute approximate surface area is 131 Å². The van der Waals surface area contributed by atoms with E-state index in [2.05, 4.69) is 36.1 Å². The van der Waals surface area contributed by atoms with E-state index in [0.29, 0.717) is 6.04 Å². The molecule has 1 heterocycles. The largest absolute Gasteiger partial charge is 0.309 e. The molecule has 1 saturated heterocycles. The van der Waals surface area contributed by atoms with Gasteiger partial charge in [-0.05, 0) is 44.8 Å². The molecule has 5 heteroatoms. The fraction of sp³-hybridized carbons (Fsp3) is 0.600. The molecule has 112 valence electrons. The topological polar surface area (TPSA) is 18.5 Å². The molecule has 0 saturated carbocycles. The zero-order chi connectivity index (χ0) is 14.7. The predicted molar refractivity (Wildman–Crippen MR) is 86.8 cm³/mol. The van der Waals surface area contributed by atoms with Crippen molar-refractivity contribution >= 4 is 23.2 Å². The van der Waals surface area contributed by atoms with Crippen LogP contribution in [-0.4, -0.2) is 56.1 Å². The highest BCUT2D eigenvalue weighted by Gasteiger charge is 2.22. The summed E-state index contributed by atoms with van der Waals surface area (Å²) in [6, 6.07) is 6.36. The Hall–Kier alpha value is -0.320. The fourth-order valence-corrected chi connectivity index (χ4v) is 3.05. The molecule has 0 amide bonds. The summed E-state index contributed by atoms with van der Waals surface area (Å²) in [4.78, 5) is 4.79. The summed E-state index contributed by atoms with van der Waals surface area (Å²) in [6.45, 7) is 6.44. The van der Waals surface area contributed by atoms with Gasteiger partial charge in [-0.25, -0.2) is 0 Å². The van der Waals surface area contributed by atoms with Crippen LogP contribution in [0.5, 0.6) is 0 Å². The van der Waals surface area contributed by atoms with Crippen molar-refractivity contribution in [3.63, 3.8) is 0 Å². The Morgan fingerprint density at radius 1 is 1.30 bits per heavy atom. The molecule has 20 heavy (non-hydrogen) atoms. The maximum absolute atomic E-state index is 6.25. The standard InChI is InChI=1S/C15H23Cl2N3/c1-11(14-8-12(16)4-5-15(14)17)18-9-13-10-19(2)6-7-20(13)3/h4-5,8,11,13,18H,6-7,9-10H2,1-3H3. The summed E-state index contributed by atoms with van der Waals surface area (Å²) >= 11 is 12.3. The van der Waals surface area contributed by atoms with Crippen molar-refractivity contribution in [2.24, 2.45) is 0 Å². The van der Waals surface area contributed by atoms with Crippen molar-refractivity contribution in [3.05, 3.63) is 33.8 Å². The summed E-state index contributed by atoms with van der Waals surface area (Å²) in [6.07, 6.45) is 0. The van der Waals surface area contributed by atoms with Crippen LogP contribution in [0.15, 0.2) is 18.2 Å². The van der Waals surface area contributed by atoms with E-state index >= 15 is 0 Å². The molecular formula is C15H23Cl2N3. The Morgan fingerprint density at radius 3 is 2.80 bits per heavy atom. The monoisotopic (exact) mass is 315 g/mol. The van der Waals surface area contributed by atoms with E-state index in [1.54, 1.807) is 0 Å². The summed E-state index contributed by atoms with van der Waals surface area (Å²) in [5, 5.41) is 5.07. The fourth-order valence-electron chi connectivity index (χ4n) is 2.59. The SMILES string of the molecule is CC(NCC1CN(C)CCN1C)c1cc(Cl)ccc1Cl. The normalized spacial score (nSPS) is 22.9.